The fraction of sp³-hybridized carbons (Fsp3) is 0.357. The number of anilines is 1. The normalized spacial score (nSPS) is 10.8. The molecule has 2 aromatic rings. The molecule has 0 unspecified atom stereocenters. The Bertz CT molecular complexity index is 773. The van der Waals surface area contributed by atoms with E-state index in [-0.39, 0.29) is 17.3 Å². The van der Waals surface area contributed by atoms with Crippen LogP contribution in [0.5, 0.6) is 0 Å². The number of halogens is 2. The first-order chi connectivity index (χ1) is 10.9. The number of carbonyl (C=O) groups excluding carboxylic acids is 1. The Morgan fingerprint density at radius 3 is 2.87 bits per heavy atom. The summed E-state index contributed by atoms with van der Waals surface area (Å²) in [5, 5.41) is 10.3. The summed E-state index contributed by atoms with van der Waals surface area (Å²) in [5.74, 6) is -0.183. The molecule has 1 aromatic heterocycles. The van der Waals surface area contributed by atoms with Crippen molar-refractivity contribution in [2.75, 3.05) is 11.1 Å². The molecule has 0 aliphatic rings. The summed E-state index contributed by atoms with van der Waals surface area (Å²) in [6.45, 7) is 4.34. The van der Waals surface area contributed by atoms with Gasteiger partial charge in [0.15, 0.2) is 5.16 Å². The Kier molecular flexibility index (Phi) is 6.15. The highest BCUT2D eigenvalue weighted by Gasteiger charge is 2.14. The van der Waals surface area contributed by atoms with E-state index in [0.717, 1.165) is 12.0 Å². The summed E-state index contributed by atoms with van der Waals surface area (Å²) in [4.78, 5) is 23.7. The highest BCUT2D eigenvalue weighted by Crippen LogP contribution is 2.33. The van der Waals surface area contributed by atoms with E-state index < -0.39 is 0 Å². The summed E-state index contributed by atoms with van der Waals surface area (Å²) in [6, 6.07) is 3.46. The molecule has 23 heavy (non-hydrogen) atoms. The van der Waals surface area contributed by atoms with Gasteiger partial charge in [-0.1, -0.05) is 48.0 Å². The number of rotatable bonds is 6. The van der Waals surface area contributed by atoms with Crippen LogP contribution < -0.4 is 11.0 Å². The Morgan fingerprint density at radius 2 is 2.17 bits per heavy atom. The van der Waals surface area contributed by atoms with Crippen molar-refractivity contribution in [3.8, 4) is 0 Å². The maximum Gasteiger partial charge on any atom is 0.343 e. The van der Waals surface area contributed by atoms with Gasteiger partial charge in [-0.25, -0.2) is 9.89 Å². The van der Waals surface area contributed by atoms with Gasteiger partial charge in [0.25, 0.3) is 0 Å². The third kappa shape index (κ3) is 4.31. The molecule has 124 valence electrons. The lowest BCUT2D eigenvalue weighted by Gasteiger charge is -2.11. The van der Waals surface area contributed by atoms with Crippen molar-refractivity contribution < 1.29 is 4.79 Å². The topological polar surface area (TPSA) is 79.8 Å². The van der Waals surface area contributed by atoms with Crippen LogP contribution in [-0.4, -0.2) is 26.4 Å². The third-order valence-corrected chi connectivity index (χ3v) is 4.83. The van der Waals surface area contributed by atoms with Crippen LogP contribution in [0.1, 0.15) is 18.9 Å². The van der Waals surface area contributed by atoms with Crippen LogP contribution in [0.3, 0.4) is 0 Å². The van der Waals surface area contributed by atoms with Crippen LogP contribution in [-0.2, 0) is 11.3 Å². The first kappa shape index (κ1) is 17.9. The van der Waals surface area contributed by atoms with Crippen molar-refractivity contribution >= 4 is 46.6 Å². The molecule has 0 aliphatic carbocycles. The van der Waals surface area contributed by atoms with Gasteiger partial charge in [-0.2, -0.15) is 0 Å². The fourth-order valence-electron chi connectivity index (χ4n) is 1.91. The Labute approximate surface area is 147 Å². The van der Waals surface area contributed by atoms with Crippen LogP contribution in [0.4, 0.5) is 5.69 Å². The molecule has 0 saturated heterocycles. The molecular formula is C14H16Cl2N4O2S. The number of aromatic nitrogens is 3. The average Bonchev–Trinajstić information content (AvgIpc) is 2.87. The van der Waals surface area contributed by atoms with Crippen LogP contribution in [0, 0.1) is 6.92 Å². The fourth-order valence-corrected chi connectivity index (χ4v) is 3.15. The first-order valence-electron chi connectivity index (χ1n) is 6.96. The lowest BCUT2D eigenvalue weighted by Crippen LogP contribution is -2.19. The molecule has 0 fully saturated rings. The molecule has 0 atom stereocenters. The van der Waals surface area contributed by atoms with E-state index in [2.05, 4.69) is 15.5 Å². The van der Waals surface area contributed by atoms with Crippen molar-refractivity contribution in [3.63, 3.8) is 0 Å². The molecule has 1 heterocycles. The highest BCUT2D eigenvalue weighted by atomic mass is 35.5. The van der Waals surface area contributed by atoms with Crippen LogP contribution >= 0.6 is 35.0 Å². The Hall–Kier alpha value is -1.44. The van der Waals surface area contributed by atoms with E-state index >= 15 is 0 Å². The van der Waals surface area contributed by atoms with Gasteiger partial charge in [0.2, 0.25) is 5.91 Å². The maximum atomic E-state index is 12.1. The maximum absolute atomic E-state index is 12.1. The summed E-state index contributed by atoms with van der Waals surface area (Å²) < 4.78 is 1.50. The largest absolute Gasteiger partial charge is 0.343 e. The first-order valence-corrected chi connectivity index (χ1v) is 8.70. The zero-order valence-corrected chi connectivity index (χ0v) is 15.0. The van der Waals surface area contributed by atoms with Crippen LogP contribution in [0.15, 0.2) is 22.1 Å². The number of hydrogen-bond donors (Lipinski definition) is 2. The molecule has 9 heteroatoms. The molecule has 1 amide bonds. The number of nitrogens with one attached hydrogen (secondary N) is 2. The SMILES string of the molecule is CCCn1c(SCC(=O)Nc2c(Cl)ccc(C)c2Cl)n[nH]c1=O. The number of thioether (sulfide) groups is 1. The zero-order valence-electron chi connectivity index (χ0n) is 12.7. The van der Waals surface area contributed by atoms with Crippen molar-refractivity contribution in [2.45, 2.75) is 32.0 Å². The Balaban J connectivity index is 2.04. The van der Waals surface area contributed by atoms with Gasteiger partial charge in [0.1, 0.15) is 0 Å². The van der Waals surface area contributed by atoms with E-state index in [1.165, 1.54) is 16.3 Å². The van der Waals surface area contributed by atoms with E-state index in [4.69, 9.17) is 23.2 Å². The number of aryl methyl sites for hydroxylation is 1. The number of aromatic amines is 1. The molecule has 6 nitrogen and oxygen atoms in total. The molecule has 0 radical (unpaired) electrons. The summed E-state index contributed by atoms with van der Waals surface area (Å²) in [6.07, 6.45) is 0.799. The summed E-state index contributed by atoms with van der Waals surface area (Å²) >= 11 is 13.4. The van der Waals surface area contributed by atoms with Crippen molar-refractivity contribution in [3.05, 3.63) is 38.2 Å². The van der Waals surface area contributed by atoms with Gasteiger partial charge in [-0.3, -0.25) is 9.36 Å². The molecule has 2 N–H and O–H groups in total. The second-order valence-corrected chi connectivity index (χ2v) is 6.58. The Morgan fingerprint density at radius 1 is 1.43 bits per heavy atom. The summed E-state index contributed by atoms with van der Waals surface area (Å²) in [7, 11) is 0. The molecule has 2 rings (SSSR count). The van der Waals surface area contributed by atoms with Gasteiger partial charge in [0.05, 0.1) is 21.5 Å². The second-order valence-electron chi connectivity index (χ2n) is 4.85. The van der Waals surface area contributed by atoms with Crippen molar-refractivity contribution in [2.24, 2.45) is 0 Å². The van der Waals surface area contributed by atoms with Crippen LogP contribution in [0.2, 0.25) is 10.0 Å². The minimum atomic E-state index is -0.278. The second kappa shape index (κ2) is 7.90. The van der Waals surface area contributed by atoms with Gasteiger partial charge in [-0.15, -0.1) is 5.10 Å². The van der Waals surface area contributed by atoms with Gasteiger partial charge < -0.3 is 5.32 Å². The van der Waals surface area contributed by atoms with Crippen molar-refractivity contribution in [1.29, 1.82) is 0 Å². The number of hydrogen-bond acceptors (Lipinski definition) is 4. The number of amides is 1. The number of H-pyrrole nitrogens is 1. The van der Waals surface area contributed by atoms with E-state index in [9.17, 15) is 9.59 Å². The van der Waals surface area contributed by atoms with E-state index in [1.807, 2.05) is 13.8 Å². The monoisotopic (exact) mass is 374 g/mol. The van der Waals surface area contributed by atoms with E-state index in [1.54, 1.807) is 12.1 Å². The quantitative estimate of drug-likeness (QED) is 0.759. The predicted octanol–water partition coefficient (Wildman–Crippen LogP) is 3.33. The summed E-state index contributed by atoms with van der Waals surface area (Å²) in [5.41, 5.74) is 0.939. The zero-order chi connectivity index (χ0) is 17.0. The smallest absolute Gasteiger partial charge is 0.323 e. The van der Waals surface area contributed by atoms with Gasteiger partial charge in [-0.05, 0) is 25.0 Å². The minimum absolute atomic E-state index is 0.0919. The number of nitrogens with zero attached hydrogens (tertiary/aromatic N) is 2. The lowest BCUT2D eigenvalue weighted by atomic mass is 10.2. The number of benzene rings is 1. The van der Waals surface area contributed by atoms with Crippen LogP contribution in [0.25, 0.3) is 0 Å². The molecule has 0 aliphatic heterocycles. The van der Waals surface area contributed by atoms with E-state index in [0.29, 0.717) is 27.4 Å². The highest BCUT2D eigenvalue weighted by molar-refractivity contribution is 7.99. The third-order valence-electron chi connectivity index (χ3n) is 3.05. The predicted molar refractivity (Wildman–Crippen MR) is 93.7 cm³/mol. The average molecular weight is 375 g/mol. The standard InChI is InChI=1S/C14H16Cl2N4O2S/c1-3-6-20-13(22)18-19-14(20)23-7-10(21)17-12-9(15)5-4-8(2)11(12)16/h4-5H,3,6-7H2,1-2H3,(H,17,21)(H,18,22). The molecule has 0 saturated carbocycles. The number of carbonyl (C=O) groups is 1. The van der Waals surface area contributed by atoms with Crippen molar-refractivity contribution in [1.82, 2.24) is 14.8 Å². The van der Waals surface area contributed by atoms with Gasteiger partial charge >= 0.3 is 5.69 Å². The molecule has 0 spiro atoms. The lowest BCUT2D eigenvalue weighted by molar-refractivity contribution is -0.113. The molecule has 0 bridgehead atoms. The van der Waals surface area contributed by atoms with Gasteiger partial charge in [0, 0.05) is 6.54 Å². The molecular weight excluding hydrogens is 359 g/mol. The molecule has 1 aromatic carbocycles. The minimum Gasteiger partial charge on any atom is -0.323 e.